The number of rotatable bonds is 58. The second-order valence-corrected chi connectivity index (χ2v) is 23.4. The minimum Gasteiger partial charge on any atom is -0.463 e. The minimum absolute atomic E-state index is 0.109. The van der Waals surface area contributed by atoms with Crippen LogP contribution in [0, 0.1) is 0 Å². The van der Waals surface area contributed by atoms with Crippen LogP contribution >= 0.6 is 15.6 Å². The van der Waals surface area contributed by atoms with Crippen molar-refractivity contribution in [2.45, 2.75) is 270 Å². The van der Waals surface area contributed by atoms with E-state index in [0.717, 1.165) is 77.0 Å². The summed E-state index contributed by atoms with van der Waals surface area (Å²) in [6, 6.07) is 0. The molecule has 460 valence electrons. The van der Waals surface area contributed by atoms with Crippen LogP contribution in [0.25, 0.3) is 0 Å². The molecule has 0 aliphatic carbocycles. The van der Waals surface area contributed by atoms with E-state index >= 15 is 0 Å². The molecule has 0 heterocycles. The van der Waals surface area contributed by atoms with Gasteiger partial charge >= 0.3 is 33.6 Å². The number of ether oxygens (including phenoxy) is 3. The van der Waals surface area contributed by atoms with Crippen LogP contribution in [0.5, 0.6) is 0 Å². The Morgan fingerprint density at radius 2 is 0.671 bits per heavy atom. The van der Waals surface area contributed by atoms with Crippen LogP contribution in [0.15, 0.2) is 60.8 Å². The molecular weight excluding hydrogens is 1050 g/mol. The molecule has 0 aromatic heterocycles. The molecule has 0 saturated carbocycles. The Hall–Kier alpha value is -2.75. The first-order chi connectivity index (χ1) is 38.2. The summed E-state index contributed by atoms with van der Waals surface area (Å²) >= 11 is 0. The number of carbonyl (C=O) groups is 3. The zero-order valence-electron chi connectivity index (χ0n) is 49.3. The molecule has 16 nitrogen and oxygen atoms in total. The standard InChI is InChI=1S/C61H110O16P2/c1-4-7-10-13-16-19-22-25-26-27-28-31-33-35-38-41-44-47-59(64)71-50-56(62)51-73-78(67,68)74-52-57(63)53-75-79(69,70)76-55-58(77-61(66)49-46-43-40-37-34-30-24-21-18-15-12-9-6-3)54-72-60(65)48-45-42-39-36-32-29-23-20-17-14-11-8-5-2/h7,10,16,19,25-26,28,31,35,38,56-58,62-63H,4-6,8-9,11-15,17-18,20-24,27,29-30,32-34,36-37,39-55H2,1-3H3,(H,67,68)(H,69,70)/b10-7-,19-16-,26-25-,31-28-,38-35-. The molecule has 0 fully saturated rings. The Morgan fingerprint density at radius 1 is 0.367 bits per heavy atom. The molecule has 0 aliphatic rings. The van der Waals surface area contributed by atoms with Crippen LogP contribution < -0.4 is 0 Å². The van der Waals surface area contributed by atoms with E-state index in [4.69, 9.17) is 32.3 Å². The lowest BCUT2D eigenvalue weighted by atomic mass is 10.0. The number of aliphatic hydroxyl groups is 2. The number of aliphatic hydroxyl groups excluding tert-OH is 2. The summed E-state index contributed by atoms with van der Waals surface area (Å²) in [6.07, 6.45) is 53.0. The van der Waals surface area contributed by atoms with Crippen LogP contribution in [0.3, 0.4) is 0 Å². The van der Waals surface area contributed by atoms with E-state index in [2.05, 4.69) is 69.4 Å². The average Bonchev–Trinajstić information content (AvgIpc) is 3.42. The van der Waals surface area contributed by atoms with Crippen molar-refractivity contribution in [2.24, 2.45) is 0 Å². The van der Waals surface area contributed by atoms with Gasteiger partial charge in [0.2, 0.25) is 0 Å². The van der Waals surface area contributed by atoms with Gasteiger partial charge in [0.25, 0.3) is 0 Å². The summed E-state index contributed by atoms with van der Waals surface area (Å²) in [7, 11) is -9.76. The summed E-state index contributed by atoms with van der Waals surface area (Å²) in [5, 5.41) is 20.4. The Morgan fingerprint density at radius 3 is 1.06 bits per heavy atom. The van der Waals surface area contributed by atoms with Gasteiger partial charge in [0.15, 0.2) is 6.10 Å². The average molecular weight is 1160 g/mol. The van der Waals surface area contributed by atoms with Crippen molar-refractivity contribution in [2.75, 3.05) is 39.6 Å². The monoisotopic (exact) mass is 1160 g/mol. The zero-order chi connectivity index (χ0) is 58.2. The fourth-order valence-corrected chi connectivity index (χ4v) is 9.66. The van der Waals surface area contributed by atoms with Gasteiger partial charge < -0.3 is 34.2 Å². The van der Waals surface area contributed by atoms with E-state index in [1.807, 2.05) is 12.2 Å². The van der Waals surface area contributed by atoms with E-state index in [1.165, 1.54) is 109 Å². The fraction of sp³-hybridized carbons (Fsp3) is 0.787. The smallest absolute Gasteiger partial charge is 0.463 e. The molecular formula is C61H110O16P2. The highest BCUT2D eigenvalue weighted by Gasteiger charge is 2.29. The minimum atomic E-state index is -4.91. The molecule has 0 spiro atoms. The normalized spacial score (nSPS) is 14.9. The van der Waals surface area contributed by atoms with E-state index in [1.54, 1.807) is 0 Å². The van der Waals surface area contributed by atoms with Crippen molar-refractivity contribution >= 4 is 33.6 Å². The van der Waals surface area contributed by atoms with Gasteiger partial charge in [-0.05, 0) is 57.8 Å². The molecule has 0 aromatic carbocycles. The second-order valence-electron chi connectivity index (χ2n) is 20.5. The molecule has 0 radical (unpaired) electrons. The van der Waals surface area contributed by atoms with Crippen LogP contribution in [0.1, 0.15) is 252 Å². The molecule has 0 aliphatic heterocycles. The highest BCUT2D eigenvalue weighted by atomic mass is 31.2. The number of hydrogen-bond donors (Lipinski definition) is 4. The van der Waals surface area contributed by atoms with Gasteiger partial charge in [0.1, 0.15) is 25.4 Å². The molecule has 0 rings (SSSR count). The number of phosphoric ester groups is 2. The molecule has 0 saturated heterocycles. The third kappa shape index (κ3) is 56.9. The maximum absolute atomic E-state index is 12.8. The third-order valence-corrected chi connectivity index (χ3v) is 14.7. The van der Waals surface area contributed by atoms with Gasteiger partial charge in [-0.3, -0.25) is 32.5 Å². The van der Waals surface area contributed by atoms with Crippen molar-refractivity contribution in [1.29, 1.82) is 0 Å². The molecule has 5 unspecified atom stereocenters. The number of phosphoric acid groups is 2. The van der Waals surface area contributed by atoms with Crippen LogP contribution in [-0.4, -0.2) is 95.9 Å². The summed E-state index contributed by atoms with van der Waals surface area (Å²) in [6.45, 7) is 2.49. The third-order valence-electron chi connectivity index (χ3n) is 12.8. The first kappa shape index (κ1) is 76.2. The Balaban J connectivity index is 4.69. The van der Waals surface area contributed by atoms with E-state index in [9.17, 15) is 43.5 Å². The number of unbranched alkanes of at least 4 members (excludes halogenated alkanes) is 25. The van der Waals surface area contributed by atoms with E-state index < -0.39 is 91.5 Å². The molecule has 0 bridgehead atoms. The fourth-order valence-electron chi connectivity index (χ4n) is 8.08. The van der Waals surface area contributed by atoms with Crippen LogP contribution in [-0.2, 0) is 55.8 Å². The van der Waals surface area contributed by atoms with Crippen molar-refractivity contribution in [3.8, 4) is 0 Å². The van der Waals surface area contributed by atoms with Crippen LogP contribution in [0.4, 0.5) is 0 Å². The van der Waals surface area contributed by atoms with Crippen molar-refractivity contribution < 1.29 is 75.8 Å². The predicted octanol–water partition coefficient (Wildman–Crippen LogP) is 15.9. The molecule has 18 heteroatoms. The lowest BCUT2D eigenvalue weighted by Gasteiger charge is -2.21. The number of allylic oxidation sites excluding steroid dienone is 10. The number of esters is 3. The number of hydrogen-bond acceptors (Lipinski definition) is 14. The topological polar surface area (TPSA) is 231 Å². The molecule has 0 aromatic rings. The molecule has 79 heavy (non-hydrogen) atoms. The van der Waals surface area contributed by atoms with Gasteiger partial charge in [0.05, 0.1) is 26.4 Å². The maximum Gasteiger partial charge on any atom is 0.472 e. The molecule has 5 atom stereocenters. The number of carbonyl (C=O) groups excluding carboxylic acids is 3. The van der Waals surface area contributed by atoms with Crippen LogP contribution in [0.2, 0.25) is 0 Å². The zero-order valence-corrected chi connectivity index (χ0v) is 51.1. The summed E-state index contributed by atoms with van der Waals surface area (Å²) in [5.41, 5.74) is 0. The van der Waals surface area contributed by atoms with Gasteiger partial charge in [-0.15, -0.1) is 0 Å². The Kier molecular flexibility index (Phi) is 53.8. The van der Waals surface area contributed by atoms with Gasteiger partial charge in [-0.25, -0.2) is 9.13 Å². The summed E-state index contributed by atoms with van der Waals surface area (Å²) in [5.74, 6) is -1.62. The first-order valence-electron chi connectivity index (χ1n) is 30.6. The van der Waals surface area contributed by atoms with Gasteiger partial charge in [-0.2, -0.15) is 0 Å². The quantitative estimate of drug-likeness (QED) is 0.0146. The van der Waals surface area contributed by atoms with Crippen molar-refractivity contribution in [3.05, 3.63) is 60.8 Å². The van der Waals surface area contributed by atoms with Gasteiger partial charge in [-0.1, -0.05) is 236 Å². The van der Waals surface area contributed by atoms with Crippen molar-refractivity contribution in [1.82, 2.24) is 0 Å². The predicted molar refractivity (Wildman–Crippen MR) is 316 cm³/mol. The maximum atomic E-state index is 12.8. The van der Waals surface area contributed by atoms with E-state index in [-0.39, 0.29) is 19.3 Å². The second kappa shape index (κ2) is 55.8. The summed E-state index contributed by atoms with van der Waals surface area (Å²) < 4.78 is 60.6. The summed E-state index contributed by atoms with van der Waals surface area (Å²) in [4.78, 5) is 58.0. The SMILES string of the molecule is CC/C=C\C/C=C\C/C=C\C/C=C\C/C=C\CCCC(=O)OCC(O)COP(=O)(O)OCC(O)COP(=O)(O)OCC(COC(=O)CCCCCCCCCCCCCCC)OC(=O)CCCCCCCCCCCCCCC. The molecule has 4 N–H and O–H groups in total. The highest BCUT2D eigenvalue weighted by molar-refractivity contribution is 7.47. The molecule has 0 amide bonds. The van der Waals surface area contributed by atoms with Gasteiger partial charge in [0, 0.05) is 19.3 Å². The lowest BCUT2D eigenvalue weighted by Crippen LogP contribution is -2.30. The Labute approximate surface area is 478 Å². The van der Waals surface area contributed by atoms with E-state index in [0.29, 0.717) is 25.7 Å². The largest absolute Gasteiger partial charge is 0.472 e. The highest BCUT2D eigenvalue weighted by Crippen LogP contribution is 2.45. The Bertz CT molecular complexity index is 1700. The van der Waals surface area contributed by atoms with Crippen molar-refractivity contribution in [3.63, 3.8) is 0 Å². The first-order valence-corrected chi connectivity index (χ1v) is 33.6. The lowest BCUT2D eigenvalue weighted by molar-refractivity contribution is -0.161.